The van der Waals surface area contributed by atoms with Crippen molar-refractivity contribution in [2.75, 3.05) is 11.1 Å². The number of nitrogens with one attached hydrogen (secondary N) is 1. The average Bonchev–Trinajstić information content (AvgIpc) is 3.03. The lowest BCUT2D eigenvalue weighted by molar-refractivity contribution is -0.645. The molecule has 0 bridgehead atoms. The van der Waals surface area contributed by atoms with Crippen LogP contribution in [0.1, 0.15) is 5.56 Å². The van der Waals surface area contributed by atoms with E-state index in [2.05, 4.69) is 10.3 Å². The lowest BCUT2D eigenvalue weighted by atomic mass is 10.1. The highest BCUT2D eigenvalue weighted by Gasteiger charge is 2.11. The molecule has 0 aliphatic rings. The number of hydrogen-bond acceptors (Lipinski definition) is 5. The van der Waals surface area contributed by atoms with Crippen LogP contribution in [0.4, 0.5) is 5.13 Å². The van der Waals surface area contributed by atoms with Gasteiger partial charge in [-0.15, -0.1) is 11.3 Å². The molecule has 0 atom stereocenters. The zero-order valence-electron chi connectivity index (χ0n) is 12.9. The van der Waals surface area contributed by atoms with E-state index >= 15 is 0 Å². The zero-order valence-corrected chi connectivity index (χ0v) is 14.6. The molecule has 3 rings (SSSR count). The summed E-state index contributed by atoms with van der Waals surface area (Å²) in [6.45, 7) is 2.03. The van der Waals surface area contributed by atoms with Gasteiger partial charge in [0.15, 0.2) is 11.3 Å². The normalized spacial score (nSPS) is 10.5. The van der Waals surface area contributed by atoms with Crippen LogP contribution in [0.25, 0.3) is 11.3 Å². The lowest BCUT2D eigenvalue weighted by Crippen LogP contribution is -2.28. The third kappa shape index (κ3) is 4.12. The van der Waals surface area contributed by atoms with E-state index in [1.54, 1.807) is 18.2 Å². The number of carbonyl (C=O) groups is 1. The van der Waals surface area contributed by atoms with Crippen LogP contribution in [0.15, 0.2) is 59.1 Å². The fraction of sp³-hybridized carbons (Fsp3) is 0.118. The number of hydrogen-bond donors (Lipinski definition) is 1. The number of anilines is 1. The first-order valence-corrected chi connectivity index (χ1v) is 9.12. The first kappa shape index (κ1) is 16.5. The molecule has 0 spiro atoms. The highest BCUT2D eigenvalue weighted by atomic mass is 32.2. The van der Waals surface area contributed by atoms with Crippen molar-refractivity contribution in [2.45, 2.75) is 11.9 Å². The predicted molar refractivity (Wildman–Crippen MR) is 97.0 cm³/mol. The number of carbonyl (C=O) groups excluding carboxylic acids is 1. The van der Waals surface area contributed by atoms with Gasteiger partial charge in [0.25, 0.3) is 5.03 Å². The molecule has 0 fully saturated rings. The van der Waals surface area contributed by atoms with Gasteiger partial charge in [0, 0.05) is 23.1 Å². The smallest absolute Gasteiger partial charge is 0.251 e. The Morgan fingerprint density at radius 2 is 2.08 bits per heavy atom. The van der Waals surface area contributed by atoms with Gasteiger partial charge < -0.3 is 10.5 Å². The molecule has 122 valence electrons. The summed E-state index contributed by atoms with van der Waals surface area (Å²) in [6, 6.07) is 13.2. The van der Waals surface area contributed by atoms with Crippen molar-refractivity contribution < 1.29 is 9.52 Å². The molecule has 3 aromatic rings. The summed E-state index contributed by atoms with van der Waals surface area (Å²) in [5.41, 5.74) is 3.04. The maximum atomic E-state index is 12.0. The van der Waals surface area contributed by atoms with Crippen molar-refractivity contribution in [3.05, 3.63) is 64.8 Å². The van der Waals surface area contributed by atoms with Gasteiger partial charge in [-0.05, 0) is 24.8 Å². The van der Waals surface area contributed by atoms with Crippen molar-refractivity contribution in [1.29, 1.82) is 0 Å². The van der Waals surface area contributed by atoms with Crippen molar-refractivity contribution in [2.24, 2.45) is 0 Å². The summed E-state index contributed by atoms with van der Waals surface area (Å²) in [6.07, 6.45) is 1.41. The molecule has 1 aromatic carbocycles. The fourth-order valence-electron chi connectivity index (χ4n) is 2.01. The summed E-state index contributed by atoms with van der Waals surface area (Å²) >= 11 is 2.58. The molecule has 0 aliphatic heterocycles. The van der Waals surface area contributed by atoms with E-state index in [1.807, 2.05) is 36.6 Å². The molecular weight excluding hydrogens is 342 g/mol. The van der Waals surface area contributed by atoms with Gasteiger partial charge in [-0.1, -0.05) is 29.8 Å². The number of pyridine rings is 1. The highest BCUT2D eigenvalue weighted by molar-refractivity contribution is 7.99. The third-order valence-corrected chi connectivity index (χ3v) is 5.01. The first-order chi connectivity index (χ1) is 11.6. The standard InChI is InChI=1S/C17H15N3O2S2/c1-12-5-7-13(8-6-12)14-10-24-17(18-14)19-15(21)11-23-16-4-2-3-9-20(16)22/h2-10H,11H2,1H3,(H,18,19,21). The van der Waals surface area contributed by atoms with Gasteiger partial charge >= 0.3 is 0 Å². The van der Waals surface area contributed by atoms with Crippen LogP contribution < -0.4 is 10.0 Å². The number of aromatic nitrogens is 2. The van der Waals surface area contributed by atoms with Gasteiger partial charge in [-0.25, -0.2) is 4.98 Å². The zero-order chi connectivity index (χ0) is 16.9. The molecule has 0 saturated heterocycles. The second-order valence-electron chi connectivity index (χ2n) is 5.11. The van der Waals surface area contributed by atoms with Crippen LogP contribution in [-0.2, 0) is 4.79 Å². The summed E-state index contributed by atoms with van der Waals surface area (Å²) in [5, 5.41) is 17.3. The first-order valence-electron chi connectivity index (χ1n) is 7.25. The molecule has 5 nitrogen and oxygen atoms in total. The third-order valence-electron chi connectivity index (χ3n) is 3.24. The predicted octanol–water partition coefficient (Wildman–Crippen LogP) is 3.48. The van der Waals surface area contributed by atoms with Gasteiger partial charge in [0.1, 0.15) is 0 Å². The quantitative estimate of drug-likeness (QED) is 0.431. The Labute approximate surface area is 148 Å². The van der Waals surface area contributed by atoms with Gasteiger partial charge in [-0.3, -0.25) is 4.79 Å². The van der Waals surface area contributed by atoms with Crippen LogP contribution >= 0.6 is 23.1 Å². The van der Waals surface area contributed by atoms with Crippen molar-refractivity contribution in [3.63, 3.8) is 0 Å². The molecule has 7 heteroatoms. The Bertz CT molecular complexity index is 847. The van der Waals surface area contributed by atoms with Crippen LogP contribution in [0, 0.1) is 12.1 Å². The number of thioether (sulfide) groups is 1. The molecule has 24 heavy (non-hydrogen) atoms. The Kier molecular flexibility index (Phi) is 5.12. The van der Waals surface area contributed by atoms with Gasteiger partial charge in [-0.2, -0.15) is 4.73 Å². The lowest BCUT2D eigenvalue weighted by Gasteiger charge is -2.03. The largest absolute Gasteiger partial charge is 0.618 e. The van der Waals surface area contributed by atoms with Crippen LogP contribution in [0.3, 0.4) is 0 Å². The fourth-order valence-corrected chi connectivity index (χ4v) is 3.46. The van der Waals surface area contributed by atoms with E-state index in [0.717, 1.165) is 16.0 Å². The minimum atomic E-state index is -0.186. The topological polar surface area (TPSA) is 68.9 Å². The minimum Gasteiger partial charge on any atom is -0.618 e. The second kappa shape index (κ2) is 7.46. The molecule has 2 heterocycles. The Morgan fingerprint density at radius 1 is 1.29 bits per heavy atom. The van der Waals surface area contributed by atoms with Gasteiger partial charge in [0.2, 0.25) is 5.91 Å². The van der Waals surface area contributed by atoms with E-state index in [4.69, 9.17) is 0 Å². The summed E-state index contributed by atoms with van der Waals surface area (Å²) in [7, 11) is 0. The monoisotopic (exact) mass is 357 g/mol. The maximum Gasteiger partial charge on any atom is 0.251 e. The average molecular weight is 357 g/mol. The van der Waals surface area contributed by atoms with Crippen molar-refractivity contribution >= 4 is 34.1 Å². The molecule has 1 N–H and O–H groups in total. The van der Waals surface area contributed by atoms with Crippen LogP contribution in [0.5, 0.6) is 0 Å². The Balaban J connectivity index is 1.59. The van der Waals surface area contributed by atoms with Crippen molar-refractivity contribution in [1.82, 2.24) is 4.98 Å². The summed E-state index contributed by atoms with van der Waals surface area (Å²) in [4.78, 5) is 16.4. The molecule has 0 saturated carbocycles. The number of rotatable bonds is 5. The Hall–Kier alpha value is -2.38. The highest BCUT2D eigenvalue weighted by Crippen LogP contribution is 2.25. The number of nitrogens with zero attached hydrogens (tertiary/aromatic N) is 2. The van der Waals surface area contributed by atoms with E-state index in [0.29, 0.717) is 10.2 Å². The second-order valence-corrected chi connectivity index (χ2v) is 6.96. The number of benzene rings is 1. The number of aryl methyl sites for hydroxylation is 1. The molecule has 0 radical (unpaired) electrons. The summed E-state index contributed by atoms with van der Waals surface area (Å²) < 4.78 is 0.747. The molecule has 1 amide bonds. The minimum absolute atomic E-state index is 0.158. The molecule has 0 unspecified atom stereocenters. The molecule has 2 aromatic heterocycles. The number of thiazole rings is 1. The van der Waals surface area contributed by atoms with Crippen molar-refractivity contribution in [3.8, 4) is 11.3 Å². The van der Waals surface area contributed by atoms with E-state index in [9.17, 15) is 10.0 Å². The summed E-state index contributed by atoms with van der Waals surface area (Å²) in [5.74, 6) is -0.0280. The maximum absolute atomic E-state index is 12.0. The van der Waals surface area contributed by atoms with Crippen LogP contribution in [0.2, 0.25) is 0 Å². The van der Waals surface area contributed by atoms with E-state index in [1.165, 1.54) is 34.9 Å². The molecule has 0 aliphatic carbocycles. The van der Waals surface area contributed by atoms with E-state index < -0.39 is 0 Å². The van der Waals surface area contributed by atoms with E-state index in [-0.39, 0.29) is 11.7 Å². The van der Waals surface area contributed by atoms with Gasteiger partial charge in [0.05, 0.1) is 11.4 Å². The SMILES string of the molecule is Cc1ccc(-c2csc(NC(=O)CSc3cccc[n+]3[O-])n2)cc1. The number of amides is 1. The molecular formula is C17H15N3O2S2. The van der Waals surface area contributed by atoms with Crippen LogP contribution in [-0.4, -0.2) is 16.6 Å². The Morgan fingerprint density at radius 3 is 2.83 bits per heavy atom.